The number of rotatable bonds is 1. The molecule has 0 heterocycles. The van der Waals surface area contributed by atoms with Crippen molar-refractivity contribution in [2.75, 3.05) is 0 Å². The minimum Gasteiger partial charge on any atom is -0.478 e. The number of hydrogen-bond acceptors (Lipinski definition) is 2. The first-order chi connectivity index (χ1) is 11.4. The number of carboxylic acid groups (broad SMARTS) is 1. The molecule has 0 fully saturated rings. The summed E-state index contributed by atoms with van der Waals surface area (Å²) in [6.45, 7) is 4.31. The Kier molecular flexibility index (Phi) is 3.99. The SMILES string of the molecule is CC1(C)CCC(=O)c2ccc(C#Cc3ccc(C(=O)O)cc3)cc21. The average Bonchev–Trinajstić information content (AvgIpc) is 2.57. The molecule has 24 heavy (non-hydrogen) atoms. The van der Waals surface area contributed by atoms with E-state index in [-0.39, 0.29) is 16.8 Å². The summed E-state index contributed by atoms with van der Waals surface area (Å²) in [6, 6.07) is 12.2. The normalized spacial score (nSPS) is 15.2. The minimum absolute atomic E-state index is 0.0237. The first kappa shape index (κ1) is 16.0. The largest absolute Gasteiger partial charge is 0.478 e. The zero-order chi connectivity index (χ0) is 17.3. The van der Waals surface area contributed by atoms with Crippen molar-refractivity contribution in [3.63, 3.8) is 0 Å². The zero-order valence-corrected chi connectivity index (χ0v) is 13.7. The molecule has 3 nitrogen and oxygen atoms in total. The maximum Gasteiger partial charge on any atom is 0.335 e. The lowest BCUT2D eigenvalue weighted by Gasteiger charge is -2.31. The van der Waals surface area contributed by atoms with Gasteiger partial charge < -0.3 is 5.11 Å². The molecule has 0 amide bonds. The molecule has 0 aromatic heterocycles. The summed E-state index contributed by atoms with van der Waals surface area (Å²) in [4.78, 5) is 22.9. The highest BCUT2D eigenvalue weighted by Gasteiger charge is 2.31. The van der Waals surface area contributed by atoms with Crippen LogP contribution in [0.1, 0.15) is 64.1 Å². The van der Waals surface area contributed by atoms with Crippen molar-refractivity contribution >= 4 is 11.8 Å². The molecule has 3 rings (SSSR count). The van der Waals surface area contributed by atoms with Crippen LogP contribution in [0.15, 0.2) is 42.5 Å². The van der Waals surface area contributed by atoms with Crippen molar-refractivity contribution in [3.05, 3.63) is 70.3 Å². The number of Topliss-reactive ketones (excluding diaryl/α,β-unsaturated/α-hetero) is 1. The minimum atomic E-state index is -0.948. The quantitative estimate of drug-likeness (QED) is 0.807. The summed E-state index contributed by atoms with van der Waals surface area (Å²) in [7, 11) is 0. The van der Waals surface area contributed by atoms with Crippen LogP contribution in [0.3, 0.4) is 0 Å². The second-order valence-corrected chi connectivity index (χ2v) is 6.70. The van der Waals surface area contributed by atoms with Crippen molar-refractivity contribution in [2.24, 2.45) is 0 Å². The van der Waals surface area contributed by atoms with E-state index in [9.17, 15) is 9.59 Å². The van der Waals surface area contributed by atoms with Crippen molar-refractivity contribution in [3.8, 4) is 11.8 Å². The lowest BCUT2D eigenvalue weighted by molar-refractivity contribution is 0.0696. The van der Waals surface area contributed by atoms with E-state index >= 15 is 0 Å². The number of hydrogen-bond donors (Lipinski definition) is 1. The fourth-order valence-electron chi connectivity index (χ4n) is 2.96. The van der Waals surface area contributed by atoms with E-state index in [1.807, 2.05) is 18.2 Å². The van der Waals surface area contributed by atoms with Crippen LogP contribution in [-0.4, -0.2) is 16.9 Å². The van der Waals surface area contributed by atoms with Crippen molar-refractivity contribution in [2.45, 2.75) is 32.1 Å². The fraction of sp³-hybridized carbons (Fsp3) is 0.238. The predicted octanol–water partition coefficient (Wildman–Crippen LogP) is 4.04. The van der Waals surface area contributed by atoms with Crippen LogP contribution in [-0.2, 0) is 5.41 Å². The summed E-state index contributed by atoms with van der Waals surface area (Å²) in [5.41, 5.74) is 3.71. The first-order valence-electron chi connectivity index (χ1n) is 7.90. The molecule has 0 radical (unpaired) electrons. The molecule has 1 aliphatic rings. The summed E-state index contributed by atoms with van der Waals surface area (Å²) in [5.74, 6) is 5.40. The predicted molar refractivity (Wildman–Crippen MR) is 92.4 cm³/mol. The Morgan fingerprint density at radius 3 is 2.33 bits per heavy atom. The van der Waals surface area contributed by atoms with E-state index in [2.05, 4.69) is 25.7 Å². The lowest BCUT2D eigenvalue weighted by Crippen LogP contribution is -2.27. The lowest BCUT2D eigenvalue weighted by atomic mass is 9.72. The van der Waals surface area contributed by atoms with Gasteiger partial charge in [-0.3, -0.25) is 4.79 Å². The highest BCUT2D eigenvalue weighted by molar-refractivity contribution is 5.99. The maximum atomic E-state index is 12.1. The van der Waals surface area contributed by atoms with Gasteiger partial charge in [-0.05, 0) is 59.9 Å². The molecule has 2 aromatic carbocycles. The molecular weight excluding hydrogens is 300 g/mol. The van der Waals surface area contributed by atoms with E-state index in [0.717, 1.165) is 28.7 Å². The van der Waals surface area contributed by atoms with Crippen LogP contribution >= 0.6 is 0 Å². The smallest absolute Gasteiger partial charge is 0.335 e. The second kappa shape index (κ2) is 5.98. The molecule has 0 spiro atoms. The Morgan fingerprint density at radius 1 is 1.04 bits per heavy atom. The van der Waals surface area contributed by atoms with Crippen molar-refractivity contribution in [1.29, 1.82) is 0 Å². The standard InChI is InChI=1S/C21H18O3/c1-21(2)12-11-19(22)17-10-7-15(13-18(17)21)4-3-14-5-8-16(9-6-14)20(23)24/h5-10,13H,11-12H2,1-2H3,(H,23,24). The monoisotopic (exact) mass is 318 g/mol. The molecule has 0 aliphatic heterocycles. The van der Waals surface area contributed by atoms with Gasteiger partial charge in [0.15, 0.2) is 5.78 Å². The molecule has 1 N–H and O–H groups in total. The van der Waals surface area contributed by atoms with Gasteiger partial charge in [0.1, 0.15) is 0 Å². The van der Waals surface area contributed by atoms with E-state index in [1.54, 1.807) is 24.3 Å². The fourth-order valence-corrected chi connectivity index (χ4v) is 2.96. The number of ketones is 1. The Morgan fingerprint density at radius 2 is 1.67 bits per heavy atom. The van der Waals surface area contributed by atoms with Crippen molar-refractivity contribution in [1.82, 2.24) is 0 Å². The van der Waals surface area contributed by atoms with Crippen LogP contribution in [0.4, 0.5) is 0 Å². The second-order valence-electron chi connectivity index (χ2n) is 6.70. The van der Waals surface area contributed by atoms with E-state index in [4.69, 9.17) is 5.11 Å². The van der Waals surface area contributed by atoms with Crippen LogP contribution < -0.4 is 0 Å². The summed E-state index contributed by atoms with van der Waals surface area (Å²) < 4.78 is 0. The maximum absolute atomic E-state index is 12.1. The molecule has 1 aliphatic carbocycles. The number of carboxylic acids is 1. The van der Waals surface area contributed by atoms with Gasteiger partial charge in [-0.15, -0.1) is 0 Å². The molecule has 0 bridgehead atoms. The van der Waals surface area contributed by atoms with E-state index in [1.165, 1.54) is 0 Å². The highest BCUT2D eigenvalue weighted by atomic mass is 16.4. The van der Waals surface area contributed by atoms with Crippen molar-refractivity contribution < 1.29 is 14.7 Å². The van der Waals surface area contributed by atoms with Gasteiger partial charge in [0.05, 0.1) is 5.56 Å². The number of benzene rings is 2. The molecular formula is C21H18O3. The van der Waals surface area contributed by atoms with Gasteiger partial charge in [-0.1, -0.05) is 25.7 Å². The number of aromatic carboxylic acids is 1. The number of fused-ring (bicyclic) bond motifs is 1. The molecule has 0 unspecified atom stereocenters. The zero-order valence-electron chi connectivity index (χ0n) is 13.7. The van der Waals surface area contributed by atoms with Crippen LogP contribution in [0.2, 0.25) is 0 Å². The number of carbonyl (C=O) groups is 2. The number of carbonyl (C=O) groups excluding carboxylic acids is 1. The summed E-state index contributed by atoms with van der Waals surface area (Å²) >= 11 is 0. The van der Waals surface area contributed by atoms with Gasteiger partial charge >= 0.3 is 5.97 Å². The highest BCUT2D eigenvalue weighted by Crippen LogP contribution is 2.36. The molecule has 2 aromatic rings. The summed E-state index contributed by atoms with van der Waals surface area (Å²) in [6.07, 6.45) is 1.45. The molecule has 3 heteroatoms. The molecule has 0 saturated carbocycles. The Bertz CT molecular complexity index is 878. The Hall–Kier alpha value is -2.86. The van der Waals surface area contributed by atoms with Gasteiger partial charge in [0, 0.05) is 23.1 Å². The van der Waals surface area contributed by atoms with Gasteiger partial charge in [0.25, 0.3) is 0 Å². The first-order valence-corrected chi connectivity index (χ1v) is 7.90. The Balaban J connectivity index is 1.92. The van der Waals surface area contributed by atoms with Crippen LogP contribution in [0, 0.1) is 11.8 Å². The molecule has 120 valence electrons. The van der Waals surface area contributed by atoms with Gasteiger partial charge in [0.2, 0.25) is 0 Å². The molecule has 0 atom stereocenters. The van der Waals surface area contributed by atoms with Gasteiger partial charge in [-0.25, -0.2) is 4.79 Å². The van der Waals surface area contributed by atoms with Crippen LogP contribution in [0.25, 0.3) is 0 Å². The summed E-state index contributed by atoms with van der Waals surface area (Å²) in [5, 5.41) is 8.90. The van der Waals surface area contributed by atoms with E-state index in [0.29, 0.717) is 6.42 Å². The van der Waals surface area contributed by atoms with Gasteiger partial charge in [-0.2, -0.15) is 0 Å². The molecule has 0 saturated heterocycles. The average molecular weight is 318 g/mol. The Labute approximate surface area is 141 Å². The third-order valence-corrected chi connectivity index (χ3v) is 4.51. The van der Waals surface area contributed by atoms with Crippen LogP contribution in [0.5, 0.6) is 0 Å². The van der Waals surface area contributed by atoms with E-state index < -0.39 is 5.97 Å². The third-order valence-electron chi connectivity index (χ3n) is 4.51. The topological polar surface area (TPSA) is 54.4 Å². The third kappa shape index (κ3) is 3.09.